The Labute approximate surface area is 116 Å². The minimum atomic E-state index is 0.103. The van der Waals surface area contributed by atoms with Crippen LogP contribution in [0.15, 0.2) is 13.2 Å². The van der Waals surface area contributed by atoms with Crippen molar-refractivity contribution in [2.24, 2.45) is 11.5 Å². The van der Waals surface area contributed by atoms with Crippen LogP contribution >= 0.6 is 22.9 Å². The Morgan fingerprint density at radius 1 is 1.18 bits per heavy atom. The van der Waals surface area contributed by atoms with Gasteiger partial charge in [0.15, 0.2) is 0 Å². The van der Waals surface area contributed by atoms with Crippen molar-refractivity contribution in [3.05, 3.63) is 33.5 Å². The lowest BCUT2D eigenvalue weighted by Crippen LogP contribution is -2.03. The first-order chi connectivity index (χ1) is 8.04. The highest BCUT2D eigenvalue weighted by Crippen LogP contribution is 2.34. The van der Waals surface area contributed by atoms with Gasteiger partial charge in [-0.25, -0.2) is 0 Å². The summed E-state index contributed by atoms with van der Waals surface area (Å²) in [5, 5.41) is 0.877. The summed E-state index contributed by atoms with van der Waals surface area (Å²) in [5.41, 5.74) is 11.4. The highest BCUT2D eigenvalue weighted by atomic mass is 35.5. The van der Waals surface area contributed by atoms with E-state index in [-0.39, 0.29) is 6.04 Å². The van der Waals surface area contributed by atoms with Gasteiger partial charge in [-0.2, -0.15) is 0 Å². The van der Waals surface area contributed by atoms with Crippen molar-refractivity contribution in [3.63, 3.8) is 0 Å². The summed E-state index contributed by atoms with van der Waals surface area (Å²) in [7, 11) is 1.50. The third-order valence-electron chi connectivity index (χ3n) is 1.68. The summed E-state index contributed by atoms with van der Waals surface area (Å²) in [6, 6.07) is 0.103. The zero-order chi connectivity index (χ0) is 14.6. The van der Waals surface area contributed by atoms with Crippen LogP contribution in [0.1, 0.15) is 42.1 Å². The number of halogens is 1. The molecule has 0 aromatic carbocycles. The molecule has 4 N–H and O–H groups in total. The fourth-order valence-corrected chi connectivity index (χ4v) is 2.38. The van der Waals surface area contributed by atoms with Gasteiger partial charge in [0.25, 0.3) is 0 Å². The third kappa shape index (κ3) is 7.55. The number of thiophene rings is 1. The first-order valence-electron chi connectivity index (χ1n) is 5.62. The van der Waals surface area contributed by atoms with Crippen LogP contribution in [0.5, 0.6) is 0 Å². The Hall–Kier alpha value is -0.350. The van der Waals surface area contributed by atoms with Crippen molar-refractivity contribution >= 4 is 22.9 Å². The van der Waals surface area contributed by atoms with Crippen molar-refractivity contribution in [1.82, 2.24) is 0 Å². The largest absolute Gasteiger partial charge is 0.333 e. The van der Waals surface area contributed by atoms with Crippen LogP contribution in [0.2, 0.25) is 5.02 Å². The number of rotatable bonds is 1. The molecule has 1 aromatic heterocycles. The molecule has 102 valence electrons. The van der Waals surface area contributed by atoms with Crippen LogP contribution in [0, 0.1) is 13.8 Å². The zero-order valence-corrected chi connectivity index (χ0v) is 13.5. The van der Waals surface area contributed by atoms with Gasteiger partial charge in [-0.1, -0.05) is 25.4 Å². The second-order valence-electron chi connectivity index (χ2n) is 2.75. The highest BCUT2D eigenvalue weighted by molar-refractivity contribution is 7.12. The first kappa shape index (κ1) is 21.9. The van der Waals surface area contributed by atoms with Crippen LogP contribution in [0.3, 0.4) is 0 Å². The molecule has 0 aliphatic carbocycles. The quantitative estimate of drug-likeness (QED) is 0.746. The maximum atomic E-state index is 6.00. The fourth-order valence-electron chi connectivity index (χ4n) is 1.09. The predicted molar refractivity (Wildman–Crippen MR) is 84.1 cm³/mol. The first-order valence-corrected chi connectivity index (χ1v) is 6.82. The molecule has 0 saturated carbocycles. The summed E-state index contributed by atoms with van der Waals surface area (Å²) in [6.45, 7) is 16.0. The van der Waals surface area contributed by atoms with Gasteiger partial charge in [0.2, 0.25) is 0 Å². The molecule has 0 aliphatic rings. The Morgan fingerprint density at radius 2 is 1.53 bits per heavy atom. The SMILES string of the molecule is C=C.CC.CN.Cc1sc(C(C)N)c(C)c1Cl. The molecule has 0 fully saturated rings. The summed E-state index contributed by atoms with van der Waals surface area (Å²) >= 11 is 7.69. The highest BCUT2D eigenvalue weighted by Gasteiger charge is 2.12. The second-order valence-corrected chi connectivity index (χ2v) is 4.38. The van der Waals surface area contributed by atoms with Crippen LogP contribution in [-0.2, 0) is 0 Å². The maximum Gasteiger partial charge on any atom is 0.0574 e. The summed E-state index contributed by atoms with van der Waals surface area (Å²) in [5.74, 6) is 0. The number of aryl methyl sites for hydroxylation is 1. The van der Waals surface area contributed by atoms with Gasteiger partial charge >= 0.3 is 0 Å². The molecular weight excluding hydrogens is 252 g/mol. The molecule has 1 rings (SSSR count). The minimum absolute atomic E-state index is 0.103. The molecule has 1 aromatic rings. The van der Waals surface area contributed by atoms with Crippen molar-refractivity contribution in [2.75, 3.05) is 7.05 Å². The van der Waals surface area contributed by atoms with Gasteiger partial charge in [-0.05, 0) is 33.4 Å². The number of hydrogen-bond acceptors (Lipinski definition) is 3. The van der Waals surface area contributed by atoms with E-state index in [9.17, 15) is 0 Å². The van der Waals surface area contributed by atoms with Gasteiger partial charge in [-0.15, -0.1) is 24.5 Å². The summed E-state index contributed by atoms with van der Waals surface area (Å²) < 4.78 is 0. The molecule has 17 heavy (non-hydrogen) atoms. The Morgan fingerprint density at radius 3 is 1.65 bits per heavy atom. The lowest BCUT2D eigenvalue weighted by atomic mass is 10.2. The average molecular weight is 279 g/mol. The molecule has 1 heterocycles. The number of hydrogen-bond donors (Lipinski definition) is 2. The van der Waals surface area contributed by atoms with E-state index in [1.807, 2.05) is 34.6 Å². The molecule has 1 unspecified atom stereocenters. The zero-order valence-electron chi connectivity index (χ0n) is 11.9. The van der Waals surface area contributed by atoms with Gasteiger partial charge in [0, 0.05) is 15.8 Å². The molecule has 0 spiro atoms. The molecular formula is C13H27ClN2S. The van der Waals surface area contributed by atoms with Crippen molar-refractivity contribution in [2.45, 2.75) is 40.7 Å². The van der Waals surface area contributed by atoms with Crippen LogP contribution in [0.25, 0.3) is 0 Å². The van der Waals surface area contributed by atoms with Crippen molar-refractivity contribution < 1.29 is 0 Å². The Kier molecular flexibility index (Phi) is 17.7. The van der Waals surface area contributed by atoms with Gasteiger partial charge in [-0.3, -0.25) is 0 Å². The van der Waals surface area contributed by atoms with Crippen LogP contribution in [0.4, 0.5) is 0 Å². The monoisotopic (exact) mass is 278 g/mol. The lowest BCUT2D eigenvalue weighted by Gasteiger charge is -2.01. The van der Waals surface area contributed by atoms with Crippen LogP contribution < -0.4 is 11.5 Å². The van der Waals surface area contributed by atoms with Gasteiger partial charge in [0.05, 0.1) is 5.02 Å². The predicted octanol–water partition coefficient (Wildman–Crippen LogP) is 4.44. The molecule has 4 heteroatoms. The molecule has 0 aliphatic heterocycles. The minimum Gasteiger partial charge on any atom is -0.333 e. The topological polar surface area (TPSA) is 52.0 Å². The van der Waals surface area contributed by atoms with Gasteiger partial charge < -0.3 is 11.5 Å². The van der Waals surface area contributed by atoms with E-state index in [0.29, 0.717) is 0 Å². The smallest absolute Gasteiger partial charge is 0.0574 e. The summed E-state index contributed by atoms with van der Waals surface area (Å²) in [6.07, 6.45) is 0. The van der Waals surface area contributed by atoms with Gasteiger partial charge in [0.1, 0.15) is 0 Å². The summed E-state index contributed by atoms with van der Waals surface area (Å²) in [4.78, 5) is 2.36. The molecule has 0 amide bonds. The molecule has 0 radical (unpaired) electrons. The van der Waals surface area contributed by atoms with Crippen molar-refractivity contribution in [3.8, 4) is 0 Å². The van der Waals surface area contributed by atoms with E-state index < -0.39 is 0 Å². The van der Waals surface area contributed by atoms with E-state index >= 15 is 0 Å². The number of nitrogens with two attached hydrogens (primary N) is 2. The molecule has 2 nitrogen and oxygen atoms in total. The Bertz CT molecular complexity index is 283. The molecule has 0 bridgehead atoms. The standard InChI is InChI=1S/C8H12ClNS.C2H6.C2H4.CH5N/c1-4-7(9)6(3)11-8(4)5(2)10;3*1-2/h5H,10H2,1-3H3;1-2H3;1-2H2;2H2,1H3. The van der Waals surface area contributed by atoms with Crippen molar-refractivity contribution in [1.29, 1.82) is 0 Å². The van der Waals surface area contributed by atoms with E-state index in [2.05, 4.69) is 18.9 Å². The average Bonchev–Trinajstić information content (AvgIpc) is 2.64. The van der Waals surface area contributed by atoms with E-state index in [0.717, 1.165) is 15.5 Å². The van der Waals surface area contributed by atoms with E-state index in [4.69, 9.17) is 17.3 Å². The van der Waals surface area contributed by atoms with E-state index in [1.54, 1.807) is 11.3 Å². The fraction of sp³-hybridized carbons (Fsp3) is 0.538. The van der Waals surface area contributed by atoms with Crippen LogP contribution in [-0.4, -0.2) is 7.05 Å². The normalized spacial score (nSPS) is 9.71. The Balaban J connectivity index is -0.000000285. The lowest BCUT2D eigenvalue weighted by molar-refractivity contribution is 0.831. The maximum absolute atomic E-state index is 6.00. The molecule has 0 saturated heterocycles. The van der Waals surface area contributed by atoms with E-state index in [1.165, 1.54) is 11.9 Å². The molecule has 1 atom stereocenters. The second kappa shape index (κ2) is 13.7. The third-order valence-corrected chi connectivity index (χ3v) is 3.77.